The Kier molecular flexibility index (Phi) is 5.05. The molecule has 0 spiro atoms. The third-order valence-corrected chi connectivity index (χ3v) is 4.45. The van der Waals surface area contributed by atoms with Crippen LogP contribution < -0.4 is 0 Å². The number of ketones is 1. The monoisotopic (exact) mass is 304 g/mol. The molecular formula is C15H18BBrO. The molecule has 0 N–H and O–H groups in total. The van der Waals surface area contributed by atoms with Gasteiger partial charge in [-0.3, -0.25) is 4.79 Å². The first-order chi connectivity index (χ1) is 8.70. The predicted molar refractivity (Wildman–Crippen MR) is 79.1 cm³/mol. The van der Waals surface area contributed by atoms with Crippen molar-refractivity contribution in [3.8, 4) is 0 Å². The second kappa shape index (κ2) is 6.56. The van der Waals surface area contributed by atoms with Gasteiger partial charge in [-0.2, -0.15) is 0 Å². The fraction of sp³-hybridized carbons (Fsp3) is 0.533. The lowest BCUT2D eigenvalue weighted by Crippen LogP contribution is -2.14. The fourth-order valence-electron chi connectivity index (χ4n) is 2.73. The second-order valence-electron chi connectivity index (χ2n) is 5.18. The van der Waals surface area contributed by atoms with Crippen molar-refractivity contribution in [3.05, 3.63) is 34.3 Å². The summed E-state index contributed by atoms with van der Waals surface area (Å²) in [6.45, 7) is 0. The Balaban J connectivity index is 2.02. The Bertz CT molecular complexity index is 401. The van der Waals surface area contributed by atoms with Crippen molar-refractivity contribution in [1.29, 1.82) is 0 Å². The molecule has 1 saturated carbocycles. The molecule has 0 aromatic heterocycles. The zero-order valence-corrected chi connectivity index (χ0v) is 12.2. The number of rotatable bonds is 3. The molecule has 18 heavy (non-hydrogen) atoms. The zero-order valence-electron chi connectivity index (χ0n) is 10.6. The molecule has 0 aliphatic heterocycles. The third-order valence-electron chi connectivity index (χ3n) is 3.92. The van der Waals surface area contributed by atoms with Crippen LogP contribution in [0.15, 0.2) is 28.7 Å². The van der Waals surface area contributed by atoms with E-state index in [1.165, 1.54) is 6.42 Å². The summed E-state index contributed by atoms with van der Waals surface area (Å²) in [6.07, 6.45) is 6.19. The van der Waals surface area contributed by atoms with Gasteiger partial charge in [-0.05, 0) is 30.9 Å². The molecule has 1 aliphatic rings. The maximum atomic E-state index is 12.4. The van der Waals surface area contributed by atoms with Gasteiger partial charge in [0.1, 0.15) is 0 Å². The van der Waals surface area contributed by atoms with E-state index in [0.29, 0.717) is 11.7 Å². The molecule has 1 aromatic rings. The minimum Gasteiger partial charge on any atom is -0.294 e. The number of benzene rings is 1. The van der Waals surface area contributed by atoms with Gasteiger partial charge in [0.05, 0.1) is 7.85 Å². The van der Waals surface area contributed by atoms with E-state index in [1.807, 2.05) is 24.3 Å². The van der Waals surface area contributed by atoms with Crippen molar-refractivity contribution >= 4 is 29.6 Å². The topological polar surface area (TPSA) is 17.1 Å². The van der Waals surface area contributed by atoms with Crippen molar-refractivity contribution < 1.29 is 4.79 Å². The molecule has 2 atom stereocenters. The van der Waals surface area contributed by atoms with Crippen LogP contribution in [0.2, 0.25) is 6.32 Å². The minimum absolute atomic E-state index is 0.197. The number of hydrogen-bond acceptors (Lipinski definition) is 1. The number of Topliss-reactive ketones (excluding diaryl/α,β-unsaturated/α-hetero) is 1. The molecule has 1 aromatic carbocycles. The first kappa shape index (κ1) is 13.9. The van der Waals surface area contributed by atoms with Crippen LogP contribution in [0.5, 0.6) is 0 Å². The Morgan fingerprint density at radius 3 is 2.56 bits per heavy atom. The van der Waals surface area contributed by atoms with Crippen molar-refractivity contribution in [3.63, 3.8) is 0 Å². The molecule has 94 valence electrons. The van der Waals surface area contributed by atoms with Crippen molar-refractivity contribution in [2.24, 2.45) is 11.8 Å². The highest BCUT2D eigenvalue weighted by molar-refractivity contribution is 9.10. The number of carbonyl (C=O) groups excluding carboxylic acids is 1. The lowest BCUT2D eigenvalue weighted by atomic mass is 9.85. The average Bonchev–Trinajstić information content (AvgIpc) is 2.64. The van der Waals surface area contributed by atoms with E-state index in [0.717, 1.165) is 42.0 Å². The highest BCUT2D eigenvalue weighted by Gasteiger charge is 2.24. The van der Waals surface area contributed by atoms with Gasteiger partial charge in [0, 0.05) is 16.0 Å². The standard InChI is InChI=1S/C15H18BBrO/c16-10-11-2-1-3-12(5-4-11)15(18)13-6-8-14(17)9-7-13/h6-9,11-12H,1-5,10H2. The van der Waals surface area contributed by atoms with Gasteiger partial charge in [0.25, 0.3) is 0 Å². The lowest BCUT2D eigenvalue weighted by Gasteiger charge is -2.13. The van der Waals surface area contributed by atoms with E-state index in [-0.39, 0.29) is 5.92 Å². The van der Waals surface area contributed by atoms with Gasteiger partial charge in [-0.25, -0.2) is 0 Å². The van der Waals surface area contributed by atoms with Crippen LogP contribution in [0, 0.1) is 11.8 Å². The number of carbonyl (C=O) groups is 1. The average molecular weight is 305 g/mol. The Labute approximate surface area is 119 Å². The molecule has 0 amide bonds. The molecule has 0 heterocycles. The Hall–Kier alpha value is -0.565. The molecular weight excluding hydrogens is 287 g/mol. The van der Waals surface area contributed by atoms with Crippen molar-refractivity contribution in [2.75, 3.05) is 0 Å². The third kappa shape index (κ3) is 3.47. The number of hydrogen-bond donors (Lipinski definition) is 0. The largest absolute Gasteiger partial charge is 0.294 e. The summed E-state index contributed by atoms with van der Waals surface area (Å²) in [5.41, 5.74) is 0.842. The quantitative estimate of drug-likeness (QED) is 0.459. The molecule has 2 rings (SSSR count). The van der Waals surface area contributed by atoms with E-state index < -0.39 is 0 Å². The van der Waals surface area contributed by atoms with Gasteiger partial charge >= 0.3 is 0 Å². The molecule has 2 unspecified atom stereocenters. The zero-order chi connectivity index (χ0) is 13.0. The molecule has 2 radical (unpaired) electrons. The van der Waals surface area contributed by atoms with Crippen LogP contribution in [0.1, 0.15) is 42.5 Å². The maximum absolute atomic E-state index is 12.4. The van der Waals surface area contributed by atoms with Crippen LogP contribution in [-0.2, 0) is 0 Å². The molecule has 0 bridgehead atoms. The van der Waals surface area contributed by atoms with E-state index in [1.54, 1.807) is 0 Å². The fourth-order valence-corrected chi connectivity index (χ4v) is 2.99. The summed E-state index contributed by atoms with van der Waals surface area (Å²) < 4.78 is 1.02. The SMILES string of the molecule is [B]CC1CCCC(C(=O)c2ccc(Br)cc2)CC1. The molecule has 3 heteroatoms. The van der Waals surface area contributed by atoms with Crippen LogP contribution >= 0.6 is 15.9 Å². The van der Waals surface area contributed by atoms with Crippen LogP contribution in [0.3, 0.4) is 0 Å². The predicted octanol–water partition coefficient (Wildman–Crippen LogP) is 4.42. The minimum atomic E-state index is 0.197. The summed E-state index contributed by atoms with van der Waals surface area (Å²) in [4.78, 5) is 12.4. The maximum Gasteiger partial charge on any atom is 0.165 e. The highest BCUT2D eigenvalue weighted by atomic mass is 79.9. The van der Waals surface area contributed by atoms with Crippen LogP contribution in [-0.4, -0.2) is 13.6 Å². The highest BCUT2D eigenvalue weighted by Crippen LogP contribution is 2.31. The van der Waals surface area contributed by atoms with Crippen molar-refractivity contribution in [1.82, 2.24) is 0 Å². The lowest BCUT2D eigenvalue weighted by molar-refractivity contribution is 0.0907. The van der Waals surface area contributed by atoms with Gasteiger partial charge in [0.2, 0.25) is 0 Å². The van der Waals surface area contributed by atoms with E-state index in [9.17, 15) is 4.79 Å². The Morgan fingerprint density at radius 1 is 1.17 bits per heavy atom. The van der Waals surface area contributed by atoms with Crippen LogP contribution in [0.25, 0.3) is 0 Å². The summed E-state index contributed by atoms with van der Waals surface area (Å²) in [7, 11) is 5.73. The second-order valence-corrected chi connectivity index (χ2v) is 6.09. The van der Waals surface area contributed by atoms with Gasteiger partial charge < -0.3 is 0 Å². The first-order valence-electron chi connectivity index (χ1n) is 6.70. The number of halogens is 1. The normalized spacial score (nSPS) is 24.5. The molecule has 0 saturated heterocycles. The summed E-state index contributed by atoms with van der Waals surface area (Å²) in [5, 5.41) is 0. The van der Waals surface area contributed by atoms with E-state index in [4.69, 9.17) is 7.85 Å². The van der Waals surface area contributed by atoms with E-state index in [2.05, 4.69) is 15.9 Å². The summed E-state index contributed by atoms with van der Waals surface area (Å²) in [6, 6.07) is 7.70. The van der Waals surface area contributed by atoms with Gasteiger partial charge in [-0.1, -0.05) is 53.6 Å². The first-order valence-corrected chi connectivity index (χ1v) is 7.50. The van der Waals surface area contributed by atoms with Crippen molar-refractivity contribution in [2.45, 2.75) is 38.4 Å². The smallest absolute Gasteiger partial charge is 0.165 e. The van der Waals surface area contributed by atoms with Gasteiger partial charge in [-0.15, -0.1) is 0 Å². The summed E-state index contributed by atoms with van der Waals surface area (Å²) in [5.74, 6) is 1.12. The van der Waals surface area contributed by atoms with Crippen LogP contribution in [0.4, 0.5) is 0 Å². The van der Waals surface area contributed by atoms with Gasteiger partial charge in [0.15, 0.2) is 5.78 Å². The summed E-state index contributed by atoms with van der Waals surface area (Å²) >= 11 is 3.40. The molecule has 1 nitrogen and oxygen atoms in total. The Morgan fingerprint density at radius 2 is 1.89 bits per heavy atom. The van der Waals surface area contributed by atoms with E-state index >= 15 is 0 Å². The molecule has 1 aliphatic carbocycles. The molecule has 1 fully saturated rings.